The minimum absolute atomic E-state index is 0.239. The van der Waals surface area contributed by atoms with Crippen LogP contribution in [0.1, 0.15) is 24.0 Å². The number of benzene rings is 1. The second kappa shape index (κ2) is 5.60. The average Bonchev–Trinajstić information content (AvgIpc) is 3.12. The van der Waals surface area contributed by atoms with Gasteiger partial charge < -0.3 is 14.7 Å². The Kier molecular flexibility index (Phi) is 3.64. The highest BCUT2D eigenvalue weighted by Gasteiger charge is 2.32. The summed E-state index contributed by atoms with van der Waals surface area (Å²) < 4.78 is 5.44. The van der Waals surface area contributed by atoms with Crippen molar-refractivity contribution in [3.8, 4) is 5.75 Å². The number of hydrogen-bond donors (Lipinski definition) is 1. The maximum absolute atomic E-state index is 12.1. The highest BCUT2D eigenvalue weighted by atomic mass is 16.5. The number of ether oxygens (including phenoxy) is 1. The summed E-state index contributed by atoms with van der Waals surface area (Å²) in [6.07, 6.45) is 5.35. The number of amides is 1. The maximum atomic E-state index is 12.1. The van der Waals surface area contributed by atoms with E-state index in [9.17, 15) is 9.59 Å². The summed E-state index contributed by atoms with van der Waals surface area (Å²) in [6.45, 7) is 1.22. The zero-order valence-electron chi connectivity index (χ0n) is 11.6. The molecule has 1 atom stereocenters. The third-order valence-electron chi connectivity index (χ3n) is 3.95. The lowest BCUT2D eigenvalue weighted by molar-refractivity contribution is -0.146. The van der Waals surface area contributed by atoms with Gasteiger partial charge in [-0.05, 0) is 42.2 Å². The van der Waals surface area contributed by atoms with Crippen molar-refractivity contribution < 1.29 is 19.4 Å². The molecule has 1 unspecified atom stereocenters. The molecule has 21 heavy (non-hydrogen) atoms. The van der Waals surface area contributed by atoms with Crippen LogP contribution >= 0.6 is 0 Å². The molecule has 1 aromatic rings. The van der Waals surface area contributed by atoms with Crippen molar-refractivity contribution in [1.29, 1.82) is 0 Å². The summed E-state index contributed by atoms with van der Waals surface area (Å²) in [7, 11) is 0. The van der Waals surface area contributed by atoms with Crippen LogP contribution in [0.4, 0.5) is 0 Å². The molecule has 0 radical (unpaired) electrons. The molecule has 1 saturated heterocycles. The Balaban J connectivity index is 1.71. The van der Waals surface area contributed by atoms with Crippen molar-refractivity contribution >= 4 is 18.0 Å². The van der Waals surface area contributed by atoms with E-state index in [0.29, 0.717) is 19.6 Å². The van der Waals surface area contributed by atoms with Crippen molar-refractivity contribution in [1.82, 2.24) is 4.90 Å². The number of rotatable bonds is 3. The van der Waals surface area contributed by atoms with Crippen molar-refractivity contribution in [3.63, 3.8) is 0 Å². The summed E-state index contributed by atoms with van der Waals surface area (Å²) in [5, 5.41) is 9.09. The second-order valence-corrected chi connectivity index (χ2v) is 5.33. The summed E-state index contributed by atoms with van der Waals surface area (Å²) in [4.78, 5) is 24.6. The molecule has 3 rings (SSSR count). The molecule has 5 nitrogen and oxygen atoms in total. The maximum Gasteiger partial charge on any atom is 0.326 e. The zero-order chi connectivity index (χ0) is 14.8. The van der Waals surface area contributed by atoms with Crippen molar-refractivity contribution in [2.75, 3.05) is 13.2 Å². The normalized spacial score (nSPS) is 20.6. The summed E-state index contributed by atoms with van der Waals surface area (Å²) >= 11 is 0. The highest BCUT2D eigenvalue weighted by molar-refractivity contribution is 5.94. The Bertz CT molecular complexity index is 608. The van der Waals surface area contributed by atoms with Crippen LogP contribution in [-0.4, -0.2) is 41.1 Å². The van der Waals surface area contributed by atoms with Crippen LogP contribution in [0.2, 0.25) is 0 Å². The molecule has 0 aromatic heterocycles. The number of hydrogen-bond acceptors (Lipinski definition) is 3. The van der Waals surface area contributed by atoms with Crippen molar-refractivity contribution in [2.24, 2.45) is 0 Å². The highest BCUT2D eigenvalue weighted by Crippen LogP contribution is 2.26. The minimum Gasteiger partial charge on any atom is -0.493 e. The predicted octanol–water partition coefficient (Wildman–Crippen LogP) is 1.71. The van der Waals surface area contributed by atoms with E-state index >= 15 is 0 Å². The van der Waals surface area contributed by atoms with Crippen LogP contribution in [0, 0.1) is 0 Å². The number of nitrogens with zero attached hydrogens (tertiary/aromatic N) is 1. The van der Waals surface area contributed by atoms with E-state index < -0.39 is 12.0 Å². The molecule has 1 fully saturated rings. The SMILES string of the molecule is O=C(O)C1CCCN1C(=O)C=Cc1ccc2c(c1)CCO2. The van der Waals surface area contributed by atoms with Gasteiger partial charge in [0, 0.05) is 19.0 Å². The number of carbonyl (C=O) groups excluding carboxylic acids is 1. The second-order valence-electron chi connectivity index (χ2n) is 5.33. The van der Waals surface area contributed by atoms with E-state index in [0.717, 1.165) is 29.7 Å². The predicted molar refractivity (Wildman–Crippen MR) is 77.0 cm³/mol. The van der Waals surface area contributed by atoms with Gasteiger partial charge in [-0.3, -0.25) is 4.79 Å². The molecule has 1 amide bonds. The van der Waals surface area contributed by atoms with Gasteiger partial charge in [-0.25, -0.2) is 4.79 Å². The molecule has 2 heterocycles. The molecule has 1 N–H and O–H groups in total. The topological polar surface area (TPSA) is 66.8 Å². The van der Waals surface area contributed by atoms with Crippen molar-refractivity contribution in [2.45, 2.75) is 25.3 Å². The zero-order valence-corrected chi connectivity index (χ0v) is 11.6. The standard InChI is InChI=1S/C16H17NO4/c18-15(17-8-1-2-13(17)16(19)20)6-4-11-3-5-14-12(10-11)7-9-21-14/h3-6,10,13H,1-2,7-9H2,(H,19,20). The Morgan fingerprint density at radius 1 is 1.38 bits per heavy atom. The van der Waals surface area contributed by atoms with E-state index in [1.165, 1.54) is 11.0 Å². The fraction of sp³-hybridized carbons (Fsp3) is 0.375. The molecule has 2 aliphatic heterocycles. The van der Waals surface area contributed by atoms with Crippen LogP contribution in [0.3, 0.4) is 0 Å². The lowest BCUT2D eigenvalue weighted by Crippen LogP contribution is -2.39. The Morgan fingerprint density at radius 3 is 3.05 bits per heavy atom. The molecular weight excluding hydrogens is 270 g/mol. The quantitative estimate of drug-likeness (QED) is 0.859. The number of fused-ring (bicyclic) bond motifs is 1. The molecule has 2 aliphatic rings. The van der Waals surface area contributed by atoms with Gasteiger partial charge in [-0.1, -0.05) is 6.07 Å². The third kappa shape index (κ3) is 2.77. The van der Waals surface area contributed by atoms with E-state index in [1.807, 2.05) is 18.2 Å². The largest absolute Gasteiger partial charge is 0.493 e. The Hall–Kier alpha value is -2.30. The van der Waals surface area contributed by atoms with E-state index in [4.69, 9.17) is 9.84 Å². The third-order valence-corrected chi connectivity index (χ3v) is 3.95. The molecule has 0 saturated carbocycles. The van der Waals surface area contributed by atoms with Crippen LogP contribution in [-0.2, 0) is 16.0 Å². The average molecular weight is 287 g/mol. The van der Waals surface area contributed by atoms with Gasteiger partial charge >= 0.3 is 5.97 Å². The monoisotopic (exact) mass is 287 g/mol. The first kappa shape index (κ1) is 13.7. The minimum atomic E-state index is -0.927. The van der Waals surface area contributed by atoms with E-state index in [1.54, 1.807) is 6.08 Å². The summed E-state index contributed by atoms with van der Waals surface area (Å²) in [6, 6.07) is 5.12. The number of carboxylic acids is 1. The summed E-state index contributed by atoms with van der Waals surface area (Å²) in [5.41, 5.74) is 2.08. The lowest BCUT2D eigenvalue weighted by atomic mass is 10.1. The molecule has 1 aromatic carbocycles. The van der Waals surface area contributed by atoms with Gasteiger partial charge in [0.1, 0.15) is 11.8 Å². The van der Waals surface area contributed by atoms with E-state index in [-0.39, 0.29) is 5.91 Å². The van der Waals surface area contributed by atoms with Crippen LogP contribution in [0.25, 0.3) is 6.08 Å². The van der Waals surface area contributed by atoms with E-state index in [2.05, 4.69) is 0 Å². The lowest BCUT2D eigenvalue weighted by Gasteiger charge is -2.19. The molecule has 0 bridgehead atoms. The van der Waals surface area contributed by atoms with Gasteiger partial charge in [0.05, 0.1) is 6.61 Å². The first-order valence-electron chi connectivity index (χ1n) is 7.12. The first-order chi connectivity index (χ1) is 10.1. The van der Waals surface area contributed by atoms with Crippen LogP contribution in [0.15, 0.2) is 24.3 Å². The fourth-order valence-electron chi connectivity index (χ4n) is 2.86. The molecule has 110 valence electrons. The van der Waals surface area contributed by atoms with Crippen LogP contribution in [0.5, 0.6) is 5.75 Å². The Morgan fingerprint density at radius 2 is 2.24 bits per heavy atom. The molecule has 5 heteroatoms. The molecular formula is C16H17NO4. The fourth-order valence-corrected chi connectivity index (χ4v) is 2.86. The number of carboxylic acid groups (broad SMARTS) is 1. The Labute approximate surface area is 122 Å². The number of carbonyl (C=O) groups is 2. The number of likely N-dealkylation sites (tertiary alicyclic amines) is 1. The van der Waals surface area contributed by atoms with Gasteiger partial charge in [0.25, 0.3) is 0 Å². The van der Waals surface area contributed by atoms with Gasteiger partial charge in [0.15, 0.2) is 0 Å². The number of aliphatic carboxylic acids is 1. The van der Waals surface area contributed by atoms with Crippen LogP contribution < -0.4 is 4.74 Å². The molecule has 0 spiro atoms. The van der Waals surface area contributed by atoms with Gasteiger partial charge in [-0.15, -0.1) is 0 Å². The van der Waals surface area contributed by atoms with Crippen molar-refractivity contribution in [3.05, 3.63) is 35.4 Å². The smallest absolute Gasteiger partial charge is 0.326 e. The molecule has 0 aliphatic carbocycles. The van der Waals surface area contributed by atoms with Gasteiger partial charge in [-0.2, -0.15) is 0 Å². The van der Waals surface area contributed by atoms with Gasteiger partial charge in [0.2, 0.25) is 5.91 Å². The summed E-state index contributed by atoms with van der Waals surface area (Å²) in [5.74, 6) is -0.260. The first-order valence-corrected chi connectivity index (χ1v) is 7.12.